The number of hydrogen-bond donors (Lipinski definition) is 0. The fourth-order valence-electron chi connectivity index (χ4n) is 3.95. The molecular formula is C22H26BrNO4. The van der Waals surface area contributed by atoms with Crippen molar-refractivity contribution in [1.29, 1.82) is 0 Å². The molecule has 0 radical (unpaired) electrons. The van der Waals surface area contributed by atoms with E-state index in [2.05, 4.69) is 27.8 Å². The number of Topliss-reactive ketones (excluding diaryl/α,β-unsaturated/α-hetero) is 1. The summed E-state index contributed by atoms with van der Waals surface area (Å²) in [7, 11) is 1.61. The van der Waals surface area contributed by atoms with Crippen LogP contribution in [0.25, 0.3) is 0 Å². The summed E-state index contributed by atoms with van der Waals surface area (Å²) >= 11 is 3.53. The number of methoxy groups -OCH3 is 1. The van der Waals surface area contributed by atoms with Crippen LogP contribution in [0.1, 0.15) is 57.4 Å². The third-order valence-electron chi connectivity index (χ3n) is 5.37. The second-order valence-electron chi connectivity index (χ2n) is 7.26. The van der Waals surface area contributed by atoms with Crippen LogP contribution < -0.4 is 4.74 Å². The van der Waals surface area contributed by atoms with Crippen LogP contribution in [0.15, 0.2) is 38.9 Å². The first-order valence-corrected chi connectivity index (χ1v) is 10.6. The molecule has 0 saturated heterocycles. The average molecular weight is 448 g/mol. The van der Waals surface area contributed by atoms with E-state index in [1.54, 1.807) is 7.11 Å². The molecule has 28 heavy (non-hydrogen) atoms. The Balaban J connectivity index is 2.06. The lowest BCUT2D eigenvalue weighted by atomic mass is 9.72. The van der Waals surface area contributed by atoms with Crippen molar-refractivity contribution in [3.05, 3.63) is 39.5 Å². The molecule has 1 aliphatic carbocycles. The number of ether oxygens (including phenoxy) is 2. The van der Waals surface area contributed by atoms with Gasteiger partial charge in [0.25, 0.3) is 0 Å². The lowest BCUT2D eigenvalue weighted by molar-refractivity contribution is -0.146. The maximum absolute atomic E-state index is 13.0. The van der Waals surface area contributed by atoms with E-state index in [4.69, 9.17) is 9.47 Å². The van der Waals surface area contributed by atoms with Gasteiger partial charge in [-0.1, -0.05) is 19.4 Å². The van der Waals surface area contributed by atoms with Crippen LogP contribution in [-0.2, 0) is 14.3 Å². The van der Waals surface area contributed by atoms with Crippen LogP contribution in [-0.4, -0.2) is 31.2 Å². The SMILES string of the molecule is CCCCOC(=O)C1C(C)=NC2=C(C(=O)CCC2)[C@H]1c1ccc(OC)c(Br)c1. The van der Waals surface area contributed by atoms with Crippen LogP contribution in [0.5, 0.6) is 5.75 Å². The summed E-state index contributed by atoms with van der Waals surface area (Å²) in [5.41, 5.74) is 3.10. The highest BCUT2D eigenvalue weighted by Gasteiger charge is 2.43. The van der Waals surface area contributed by atoms with Gasteiger partial charge < -0.3 is 9.47 Å². The standard InChI is InChI=1S/C22H26BrNO4/c1-4-5-11-28-22(26)19-13(2)24-16-7-6-8-17(25)21(16)20(19)14-9-10-18(27-3)15(23)12-14/h9-10,12,19-20H,4-8,11H2,1-3H3/t19?,20-/m0/s1. The zero-order valence-electron chi connectivity index (χ0n) is 16.6. The number of benzene rings is 1. The van der Waals surface area contributed by atoms with Gasteiger partial charge in [-0.25, -0.2) is 0 Å². The zero-order chi connectivity index (χ0) is 20.3. The molecule has 0 spiro atoms. The molecule has 1 aromatic carbocycles. The minimum absolute atomic E-state index is 0.0841. The highest BCUT2D eigenvalue weighted by molar-refractivity contribution is 9.10. The Morgan fingerprint density at radius 2 is 2.11 bits per heavy atom. The Labute approximate surface area is 174 Å². The molecule has 1 aliphatic heterocycles. The number of ketones is 1. The van der Waals surface area contributed by atoms with E-state index in [1.165, 1.54) is 0 Å². The third-order valence-corrected chi connectivity index (χ3v) is 5.99. The van der Waals surface area contributed by atoms with E-state index >= 15 is 0 Å². The molecule has 0 bridgehead atoms. The highest BCUT2D eigenvalue weighted by Crippen LogP contribution is 2.44. The number of esters is 1. The van der Waals surface area contributed by atoms with E-state index < -0.39 is 5.92 Å². The van der Waals surface area contributed by atoms with Gasteiger partial charge in [-0.15, -0.1) is 0 Å². The Morgan fingerprint density at radius 3 is 2.79 bits per heavy atom. The van der Waals surface area contributed by atoms with Gasteiger partial charge in [0.2, 0.25) is 0 Å². The van der Waals surface area contributed by atoms with Crippen molar-refractivity contribution in [2.45, 2.75) is 51.9 Å². The van der Waals surface area contributed by atoms with Crippen molar-refractivity contribution in [3.8, 4) is 5.75 Å². The number of allylic oxidation sites excluding steroid dienone is 2. The monoisotopic (exact) mass is 447 g/mol. The first-order chi connectivity index (χ1) is 13.5. The Morgan fingerprint density at radius 1 is 1.32 bits per heavy atom. The van der Waals surface area contributed by atoms with Gasteiger partial charge in [0.15, 0.2) is 5.78 Å². The molecule has 2 atom stereocenters. The Bertz CT molecular complexity index is 843. The Kier molecular flexibility index (Phi) is 6.70. The van der Waals surface area contributed by atoms with E-state index in [0.29, 0.717) is 30.1 Å². The number of carbonyl (C=O) groups is 2. The van der Waals surface area contributed by atoms with E-state index in [1.807, 2.05) is 25.1 Å². The van der Waals surface area contributed by atoms with Gasteiger partial charge in [-0.05, 0) is 59.8 Å². The fraction of sp³-hybridized carbons (Fsp3) is 0.500. The maximum Gasteiger partial charge on any atom is 0.315 e. The van der Waals surface area contributed by atoms with Gasteiger partial charge in [-0.3, -0.25) is 14.6 Å². The molecule has 5 nitrogen and oxygen atoms in total. The van der Waals surface area contributed by atoms with Gasteiger partial charge in [-0.2, -0.15) is 0 Å². The Hall–Kier alpha value is -1.95. The molecule has 6 heteroatoms. The van der Waals surface area contributed by atoms with Crippen molar-refractivity contribution in [3.63, 3.8) is 0 Å². The summed E-state index contributed by atoms with van der Waals surface area (Å²) in [5, 5.41) is 0. The van der Waals surface area contributed by atoms with Crippen LogP contribution in [0.2, 0.25) is 0 Å². The van der Waals surface area contributed by atoms with Crippen molar-refractivity contribution >= 4 is 33.4 Å². The van der Waals surface area contributed by atoms with Gasteiger partial charge in [0, 0.05) is 29.3 Å². The number of rotatable bonds is 6. The molecular weight excluding hydrogens is 422 g/mol. The molecule has 1 heterocycles. The predicted molar refractivity (Wildman–Crippen MR) is 112 cm³/mol. The van der Waals surface area contributed by atoms with E-state index in [9.17, 15) is 9.59 Å². The van der Waals surface area contributed by atoms with Crippen molar-refractivity contribution in [2.24, 2.45) is 10.9 Å². The number of halogens is 1. The van der Waals surface area contributed by atoms with E-state index in [0.717, 1.165) is 41.4 Å². The van der Waals surface area contributed by atoms with Crippen LogP contribution >= 0.6 is 15.9 Å². The quantitative estimate of drug-likeness (QED) is 0.455. The number of hydrogen-bond acceptors (Lipinski definition) is 5. The molecule has 0 fully saturated rings. The molecule has 1 aromatic rings. The molecule has 3 rings (SSSR count). The molecule has 1 unspecified atom stereocenters. The topological polar surface area (TPSA) is 65.0 Å². The number of unbranched alkanes of at least 4 members (excludes halogenated alkanes) is 1. The van der Waals surface area contributed by atoms with Crippen LogP contribution in [0.3, 0.4) is 0 Å². The average Bonchev–Trinajstić information content (AvgIpc) is 2.67. The minimum atomic E-state index is -0.585. The highest BCUT2D eigenvalue weighted by atomic mass is 79.9. The fourth-order valence-corrected chi connectivity index (χ4v) is 4.51. The minimum Gasteiger partial charge on any atom is -0.496 e. The van der Waals surface area contributed by atoms with Crippen LogP contribution in [0.4, 0.5) is 0 Å². The second kappa shape index (κ2) is 9.03. The molecule has 2 aliphatic rings. The van der Waals surface area contributed by atoms with Crippen LogP contribution in [0, 0.1) is 5.92 Å². The lowest BCUT2D eigenvalue weighted by Crippen LogP contribution is -2.37. The molecule has 0 aromatic heterocycles. The summed E-state index contributed by atoms with van der Waals surface area (Å²) in [5.74, 6) is -0.483. The summed E-state index contributed by atoms with van der Waals surface area (Å²) in [6.45, 7) is 4.30. The second-order valence-corrected chi connectivity index (χ2v) is 8.11. The number of nitrogens with zero attached hydrogens (tertiary/aromatic N) is 1. The third kappa shape index (κ3) is 4.07. The van der Waals surface area contributed by atoms with Crippen molar-refractivity contribution in [1.82, 2.24) is 0 Å². The molecule has 150 valence electrons. The van der Waals surface area contributed by atoms with Gasteiger partial charge >= 0.3 is 5.97 Å². The van der Waals surface area contributed by atoms with Gasteiger partial charge in [0.05, 0.1) is 18.2 Å². The summed E-state index contributed by atoms with van der Waals surface area (Å²) in [6.07, 6.45) is 3.84. The normalized spacial score (nSPS) is 21.9. The molecule has 0 saturated carbocycles. The van der Waals surface area contributed by atoms with Crippen molar-refractivity contribution in [2.75, 3.05) is 13.7 Å². The zero-order valence-corrected chi connectivity index (χ0v) is 18.2. The summed E-state index contributed by atoms with van der Waals surface area (Å²) in [4.78, 5) is 30.5. The van der Waals surface area contributed by atoms with Gasteiger partial charge in [0.1, 0.15) is 11.7 Å². The molecule has 0 amide bonds. The summed E-state index contributed by atoms with van der Waals surface area (Å²) < 4.78 is 11.7. The number of carbonyl (C=O) groups excluding carboxylic acids is 2. The first kappa shape index (κ1) is 20.8. The lowest BCUT2D eigenvalue weighted by Gasteiger charge is -2.34. The summed E-state index contributed by atoms with van der Waals surface area (Å²) in [6, 6.07) is 5.71. The maximum atomic E-state index is 13.0. The first-order valence-electron chi connectivity index (χ1n) is 9.79. The largest absolute Gasteiger partial charge is 0.496 e. The van der Waals surface area contributed by atoms with Crippen molar-refractivity contribution < 1.29 is 19.1 Å². The smallest absolute Gasteiger partial charge is 0.315 e. The number of aliphatic imine (C=N–C) groups is 1. The predicted octanol–water partition coefficient (Wildman–Crippen LogP) is 4.98. The molecule has 0 N–H and O–H groups in total. The van der Waals surface area contributed by atoms with E-state index in [-0.39, 0.29) is 17.7 Å².